The maximum Gasteiger partial charge on any atom is 0.312 e. The average molecular weight is 671 g/mol. The molecule has 0 N–H and O–H groups in total. The zero-order chi connectivity index (χ0) is 34.8. The van der Waals surface area contributed by atoms with Crippen molar-refractivity contribution in [3.8, 4) is 0 Å². The van der Waals surface area contributed by atoms with Crippen LogP contribution >= 0.6 is 11.8 Å². The molecule has 6 rings (SSSR count). The molecule has 0 aliphatic heterocycles. The molecule has 0 aromatic heterocycles. The van der Waals surface area contributed by atoms with Crippen LogP contribution in [0.2, 0.25) is 0 Å². The molecule has 0 heterocycles. The number of esters is 1. The summed E-state index contributed by atoms with van der Waals surface area (Å²) < 4.78 is 6.35. The lowest BCUT2D eigenvalue weighted by molar-refractivity contribution is -0.178. The first-order valence-corrected chi connectivity index (χ1v) is 20.6. The standard InChI is InChI=1S/C45H66O2S/c1-12-20-42(7,8)47-41(46)45(11)23-14-22-44(10)37-27-39(34(29(4)5)25-32(37)17-19-40(44)45)48-38-26-36-31(24-33(38)28(2)3)16-18-35-30(6)15-13-21-43(35,36)9/h24-30,35,40H,12-23H2,1-11H3. The minimum Gasteiger partial charge on any atom is -0.459 e. The maximum atomic E-state index is 14.1. The smallest absolute Gasteiger partial charge is 0.312 e. The molecule has 0 saturated heterocycles. The molecule has 4 aliphatic carbocycles. The van der Waals surface area contributed by atoms with Gasteiger partial charge in [-0.3, -0.25) is 4.79 Å². The van der Waals surface area contributed by atoms with Crippen LogP contribution < -0.4 is 0 Å². The zero-order valence-electron chi connectivity index (χ0n) is 32.4. The lowest BCUT2D eigenvalue weighted by Gasteiger charge is -2.54. The predicted octanol–water partition coefficient (Wildman–Crippen LogP) is 12.9. The van der Waals surface area contributed by atoms with Crippen LogP contribution in [0.15, 0.2) is 34.1 Å². The number of rotatable bonds is 8. The fraction of sp³-hybridized carbons (Fsp3) is 0.711. The van der Waals surface area contributed by atoms with Crippen LogP contribution in [-0.2, 0) is 33.2 Å². The molecule has 0 spiro atoms. The SMILES string of the molecule is CCCC(C)(C)OC(=O)C1(C)CCCC2(C)c3cc(Sc4cc5c(cc4C(C)C)CCC4C(C)CCCC54C)c(C(C)C)cc3CCC12. The van der Waals surface area contributed by atoms with E-state index in [4.69, 9.17) is 4.74 Å². The second-order valence-corrected chi connectivity index (χ2v) is 19.7. The van der Waals surface area contributed by atoms with Crippen molar-refractivity contribution < 1.29 is 9.53 Å². The molecular weight excluding hydrogens is 605 g/mol. The first-order valence-electron chi connectivity index (χ1n) is 19.8. The zero-order valence-corrected chi connectivity index (χ0v) is 33.2. The number of fused-ring (bicyclic) bond motifs is 6. The summed E-state index contributed by atoms with van der Waals surface area (Å²) in [4.78, 5) is 17.0. The Morgan fingerprint density at radius 1 is 0.833 bits per heavy atom. The van der Waals surface area contributed by atoms with Crippen molar-refractivity contribution in [3.05, 3.63) is 57.6 Å². The van der Waals surface area contributed by atoms with Crippen LogP contribution in [0.3, 0.4) is 0 Å². The predicted molar refractivity (Wildman–Crippen MR) is 204 cm³/mol. The van der Waals surface area contributed by atoms with E-state index < -0.39 is 11.0 Å². The minimum absolute atomic E-state index is 0.0328. The van der Waals surface area contributed by atoms with Crippen molar-refractivity contribution >= 4 is 17.7 Å². The Kier molecular flexibility index (Phi) is 9.84. The van der Waals surface area contributed by atoms with Gasteiger partial charge in [0, 0.05) is 9.79 Å². The summed E-state index contributed by atoms with van der Waals surface area (Å²) in [6, 6.07) is 10.5. The van der Waals surface area contributed by atoms with E-state index in [1.54, 1.807) is 11.1 Å². The molecule has 2 nitrogen and oxygen atoms in total. The molecular formula is C45H66O2S. The first-order chi connectivity index (χ1) is 22.5. The van der Waals surface area contributed by atoms with Gasteiger partial charge in [0.25, 0.3) is 0 Å². The molecule has 6 unspecified atom stereocenters. The number of benzene rings is 2. The summed E-state index contributed by atoms with van der Waals surface area (Å²) in [7, 11) is 0. The molecule has 3 heteroatoms. The average Bonchev–Trinajstić information content (AvgIpc) is 3.00. The van der Waals surface area contributed by atoms with Crippen molar-refractivity contribution in [1.82, 2.24) is 0 Å². The number of aryl methyl sites for hydroxylation is 2. The maximum absolute atomic E-state index is 14.1. The van der Waals surface area contributed by atoms with Crippen molar-refractivity contribution in [2.75, 3.05) is 0 Å². The van der Waals surface area contributed by atoms with Gasteiger partial charge in [0.05, 0.1) is 5.41 Å². The summed E-state index contributed by atoms with van der Waals surface area (Å²) >= 11 is 2.05. The lowest BCUT2D eigenvalue weighted by atomic mass is 9.49. The van der Waals surface area contributed by atoms with E-state index in [1.165, 1.54) is 64.1 Å². The molecule has 4 aliphatic rings. The summed E-state index contributed by atoms with van der Waals surface area (Å²) in [5, 5.41) is 0. The third kappa shape index (κ3) is 6.13. The fourth-order valence-electron chi connectivity index (χ4n) is 11.4. The van der Waals surface area contributed by atoms with Crippen LogP contribution in [0.1, 0.15) is 186 Å². The van der Waals surface area contributed by atoms with E-state index in [0.717, 1.165) is 56.8 Å². The number of hydrogen-bond acceptors (Lipinski definition) is 3. The van der Waals surface area contributed by atoms with Gasteiger partial charge in [-0.15, -0.1) is 0 Å². The molecule has 2 saturated carbocycles. The van der Waals surface area contributed by atoms with Gasteiger partial charge in [0.1, 0.15) is 5.60 Å². The van der Waals surface area contributed by atoms with Crippen molar-refractivity contribution in [1.29, 1.82) is 0 Å². The normalized spacial score (nSPS) is 31.6. The molecule has 6 atom stereocenters. The quantitative estimate of drug-likeness (QED) is 0.262. The molecule has 0 radical (unpaired) electrons. The number of carbonyl (C=O) groups is 1. The van der Waals surface area contributed by atoms with E-state index >= 15 is 0 Å². The van der Waals surface area contributed by atoms with E-state index in [2.05, 4.69) is 100 Å². The second kappa shape index (κ2) is 13.1. The minimum atomic E-state index is -0.452. The topological polar surface area (TPSA) is 26.3 Å². The second-order valence-electron chi connectivity index (χ2n) is 18.6. The Balaban J connectivity index is 1.41. The Morgan fingerprint density at radius 2 is 1.40 bits per heavy atom. The molecule has 2 fully saturated rings. The van der Waals surface area contributed by atoms with Gasteiger partial charge in [-0.1, -0.05) is 105 Å². The van der Waals surface area contributed by atoms with Crippen LogP contribution in [0, 0.1) is 23.2 Å². The van der Waals surface area contributed by atoms with Gasteiger partial charge in [-0.05, 0) is 158 Å². The fourth-order valence-corrected chi connectivity index (χ4v) is 12.8. The van der Waals surface area contributed by atoms with Crippen LogP contribution in [0.25, 0.3) is 0 Å². The molecule has 0 amide bonds. The Labute approximate surface area is 298 Å². The van der Waals surface area contributed by atoms with Gasteiger partial charge in [0.2, 0.25) is 0 Å². The third-order valence-electron chi connectivity index (χ3n) is 14.1. The van der Waals surface area contributed by atoms with E-state index in [1.807, 2.05) is 11.8 Å². The van der Waals surface area contributed by atoms with Gasteiger partial charge < -0.3 is 4.74 Å². The van der Waals surface area contributed by atoms with Gasteiger partial charge in [0.15, 0.2) is 0 Å². The highest BCUT2D eigenvalue weighted by Gasteiger charge is 2.56. The number of ether oxygens (including phenoxy) is 1. The highest BCUT2D eigenvalue weighted by atomic mass is 32.2. The monoisotopic (exact) mass is 670 g/mol. The Bertz CT molecular complexity index is 1530. The van der Waals surface area contributed by atoms with E-state index in [0.29, 0.717) is 23.2 Å². The van der Waals surface area contributed by atoms with Crippen molar-refractivity contribution in [2.24, 2.45) is 23.2 Å². The summed E-state index contributed by atoms with van der Waals surface area (Å²) in [6.07, 6.45) is 13.8. The molecule has 264 valence electrons. The molecule has 2 aromatic carbocycles. The lowest BCUT2D eigenvalue weighted by Crippen LogP contribution is -2.54. The molecule has 48 heavy (non-hydrogen) atoms. The molecule has 0 bridgehead atoms. The Hall–Kier alpha value is -1.74. The molecule has 2 aromatic rings. The van der Waals surface area contributed by atoms with E-state index in [-0.39, 0.29) is 11.4 Å². The largest absolute Gasteiger partial charge is 0.459 e. The summed E-state index contributed by atoms with van der Waals surface area (Å²) in [5.41, 5.74) is 8.70. The summed E-state index contributed by atoms with van der Waals surface area (Å²) in [6.45, 7) is 25.7. The van der Waals surface area contributed by atoms with Crippen LogP contribution in [-0.4, -0.2) is 11.6 Å². The Morgan fingerprint density at radius 3 is 1.98 bits per heavy atom. The highest BCUT2D eigenvalue weighted by molar-refractivity contribution is 7.99. The van der Waals surface area contributed by atoms with Crippen LogP contribution in [0.5, 0.6) is 0 Å². The third-order valence-corrected chi connectivity index (χ3v) is 15.2. The van der Waals surface area contributed by atoms with Crippen molar-refractivity contribution in [3.63, 3.8) is 0 Å². The first kappa shape index (κ1) is 36.1. The number of carbonyl (C=O) groups excluding carboxylic acids is 1. The summed E-state index contributed by atoms with van der Waals surface area (Å²) in [5.74, 6) is 2.88. The van der Waals surface area contributed by atoms with Gasteiger partial charge in [-0.2, -0.15) is 0 Å². The van der Waals surface area contributed by atoms with E-state index in [9.17, 15) is 4.79 Å². The van der Waals surface area contributed by atoms with Crippen molar-refractivity contribution in [2.45, 2.75) is 191 Å². The highest BCUT2D eigenvalue weighted by Crippen LogP contribution is 2.59. The number of hydrogen-bond donors (Lipinski definition) is 0. The van der Waals surface area contributed by atoms with Gasteiger partial charge >= 0.3 is 5.97 Å². The van der Waals surface area contributed by atoms with Gasteiger partial charge in [-0.25, -0.2) is 0 Å². The van der Waals surface area contributed by atoms with Crippen LogP contribution in [0.4, 0.5) is 0 Å².